The van der Waals surface area contributed by atoms with Crippen LogP contribution in [-0.4, -0.2) is 91.6 Å². The van der Waals surface area contributed by atoms with Gasteiger partial charge in [-0.3, -0.25) is 39.4 Å². The zero-order valence-electron chi connectivity index (χ0n) is 39.9. The Morgan fingerprint density at radius 3 is 2.52 bits per heavy atom. The molecule has 2 unspecified atom stereocenters. The number of imide groups is 1. The van der Waals surface area contributed by atoms with Gasteiger partial charge in [-0.05, 0) is 148 Å². The maximum atomic E-state index is 13.6. The maximum absolute atomic E-state index is 13.6. The van der Waals surface area contributed by atoms with Crippen molar-refractivity contribution in [3.63, 3.8) is 0 Å². The first-order valence-electron chi connectivity index (χ1n) is 24.2. The number of carbonyl (C=O) groups excluding carboxylic acids is 4. The number of hydrogen-bond acceptors (Lipinski definition) is 12. The highest BCUT2D eigenvalue weighted by molar-refractivity contribution is 7.22. The summed E-state index contributed by atoms with van der Waals surface area (Å²) in [4.78, 5) is 77.4. The third kappa shape index (κ3) is 10.1. The Morgan fingerprint density at radius 2 is 1.72 bits per heavy atom. The lowest BCUT2D eigenvalue weighted by Gasteiger charge is -2.32. The molecule has 0 radical (unpaired) electrons. The van der Waals surface area contributed by atoms with Crippen molar-refractivity contribution in [3.8, 4) is 16.9 Å². The van der Waals surface area contributed by atoms with Crippen molar-refractivity contribution in [3.05, 3.63) is 125 Å². The Bertz CT molecular complexity index is 3200. The van der Waals surface area contributed by atoms with Crippen LogP contribution in [0.25, 0.3) is 32.2 Å². The number of hydrogen-bond donors (Lipinski definition) is 4. The molecule has 3 aromatic heterocycles. The smallest absolute Gasteiger partial charge is 0.355 e. The molecule has 3 aliphatic heterocycles. The fourth-order valence-electron chi connectivity index (χ4n) is 10.3. The molecule has 0 spiro atoms. The van der Waals surface area contributed by atoms with Gasteiger partial charge in [0, 0.05) is 48.8 Å². The van der Waals surface area contributed by atoms with Gasteiger partial charge in [-0.15, -0.1) is 0 Å². The van der Waals surface area contributed by atoms with Crippen LogP contribution in [0.4, 0.5) is 16.6 Å². The number of piperidine rings is 2. The maximum Gasteiger partial charge on any atom is 0.355 e. The number of likely N-dealkylation sites (tertiary alicyclic amines) is 1. The lowest BCUT2D eigenvalue weighted by Crippen LogP contribution is -2.39. The Balaban J connectivity index is 0.721. The van der Waals surface area contributed by atoms with Crippen LogP contribution in [0.2, 0.25) is 0 Å². The van der Waals surface area contributed by atoms with Crippen LogP contribution in [0.1, 0.15) is 94.6 Å². The third-order valence-electron chi connectivity index (χ3n) is 14.1. The zero-order chi connectivity index (χ0) is 49.3. The average Bonchev–Trinajstić information content (AvgIpc) is 3.93. The van der Waals surface area contributed by atoms with E-state index in [0.29, 0.717) is 71.1 Å². The van der Waals surface area contributed by atoms with E-state index in [2.05, 4.69) is 37.9 Å². The molecule has 7 aromatic rings. The number of benzene rings is 4. The van der Waals surface area contributed by atoms with E-state index >= 15 is 0 Å². The summed E-state index contributed by atoms with van der Waals surface area (Å²) in [5.74, 6) is -0.842. The molecule has 10 rings (SSSR count). The predicted octanol–water partition coefficient (Wildman–Crippen LogP) is 8.49. The van der Waals surface area contributed by atoms with E-state index in [9.17, 15) is 29.1 Å². The molecule has 4 aromatic carbocycles. The molecule has 2 atom stereocenters. The first-order valence-corrected chi connectivity index (χ1v) is 25.0. The van der Waals surface area contributed by atoms with E-state index in [1.54, 1.807) is 11.7 Å². The van der Waals surface area contributed by atoms with Gasteiger partial charge < -0.3 is 20.1 Å². The van der Waals surface area contributed by atoms with Crippen molar-refractivity contribution in [1.29, 1.82) is 0 Å². The second kappa shape index (κ2) is 20.1. The van der Waals surface area contributed by atoms with Gasteiger partial charge in [-0.2, -0.15) is 5.10 Å². The molecule has 0 saturated carbocycles. The summed E-state index contributed by atoms with van der Waals surface area (Å²) in [6.45, 7) is 6.94. The molecule has 4 amide bonds. The van der Waals surface area contributed by atoms with Crippen LogP contribution in [0.5, 0.6) is 5.75 Å². The highest BCUT2D eigenvalue weighted by atomic mass is 32.1. The third-order valence-corrected chi connectivity index (χ3v) is 15.1. The number of nitrogens with zero attached hydrogens (tertiary/aromatic N) is 6. The average molecular weight is 974 g/mol. The van der Waals surface area contributed by atoms with Crippen molar-refractivity contribution in [2.75, 3.05) is 41.7 Å². The summed E-state index contributed by atoms with van der Waals surface area (Å²) >= 11 is 1.43. The minimum atomic E-state index is -1.13. The topological polar surface area (TPSA) is 201 Å². The standard InChI is InChI=1S/C54H55N9O7S/c1-31(14-15-33-22-25-62(26-23-33)30-48(65)55-35-16-17-39-43(28-35)61(3)60-49(39)40-19-21-47(64)58-52(40)67)70-44-12-7-9-36(32(44)2)37-18-20-46(57-50(37)53(68)69)63-27-24-34-8-6-10-38(41(34)29-63)51(66)59-54-56-42-11-4-5-13-45(42)71-54/h4-13,16-18,20,28,31,33,40H,14-15,19,21-27,29-30H2,1-3H3,(H,55,65)(H,68,69)(H,56,59,66)(H,58,64,67). The summed E-state index contributed by atoms with van der Waals surface area (Å²) in [5, 5.41) is 24.9. The van der Waals surface area contributed by atoms with Crippen LogP contribution < -0.4 is 25.6 Å². The first kappa shape index (κ1) is 47.2. The number of aromatic nitrogens is 4. The molecule has 2 saturated heterocycles. The summed E-state index contributed by atoms with van der Waals surface area (Å²) in [5.41, 5.74) is 7.42. The fourth-order valence-corrected chi connectivity index (χ4v) is 11.1. The fraction of sp³-hybridized carbons (Fsp3) is 0.333. The predicted molar refractivity (Wildman–Crippen MR) is 273 cm³/mol. The van der Waals surface area contributed by atoms with Crippen LogP contribution in [0.15, 0.2) is 91.0 Å². The van der Waals surface area contributed by atoms with E-state index in [0.717, 1.165) is 82.1 Å². The minimum absolute atomic E-state index is 0.0550. The summed E-state index contributed by atoms with van der Waals surface area (Å²) in [6.07, 6.45) is 5.06. The number of carbonyl (C=O) groups is 5. The van der Waals surface area contributed by atoms with Crippen LogP contribution in [0, 0.1) is 12.8 Å². The molecule has 2 fully saturated rings. The van der Waals surface area contributed by atoms with Crippen LogP contribution in [0.3, 0.4) is 0 Å². The number of ether oxygens (including phenoxy) is 1. The molecule has 6 heterocycles. The number of para-hydroxylation sites is 1. The van der Waals surface area contributed by atoms with Crippen molar-refractivity contribution in [1.82, 2.24) is 30.0 Å². The number of amides is 4. The summed E-state index contributed by atoms with van der Waals surface area (Å²) in [7, 11) is 1.81. The van der Waals surface area contributed by atoms with Crippen molar-refractivity contribution >= 4 is 78.7 Å². The van der Waals surface area contributed by atoms with E-state index in [1.165, 1.54) is 11.3 Å². The number of carboxylic acid groups (broad SMARTS) is 1. The Labute approximate surface area is 414 Å². The number of thiazole rings is 1. The molecule has 364 valence electrons. The number of pyridine rings is 1. The van der Waals surface area contributed by atoms with Gasteiger partial charge in [-0.25, -0.2) is 14.8 Å². The molecule has 17 heteroatoms. The van der Waals surface area contributed by atoms with Gasteiger partial charge in [0.2, 0.25) is 17.7 Å². The number of rotatable bonds is 14. The summed E-state index contributed by atoms with van der Waals surface area (Å²) in [6, 6.07) is 28.5. The molecular formula is C54H55N9O7S. The number of aryl methyl sites for hydroxylation is 1. The van der Waals surface area contributed by atoms with Gasteiger partial charge in [0.15, 0.2) is 10.8 Å². The van der Waals surface area contributed by atoms with Gasteiger partial charge in [0.05, 0.1) is 40.0 Å². The first-order chi connectivity index (χ1) is 34.3. The molecule has 16 nitrogen and oxygen atoms in total. The zero-order valence-corrected chi connectivity index (χ0v) is 40.7. The van der Waals surface area contributed by atoms with Crippen molar-refractivity contribution < 1.29 is 33.8 Å². The number of nitrogens with one attached hydrogen (secondary N) is 3. The van der Waals surface area contributed by atoms with Crippen molar-refractivity contribution in [2.45, 2.75) is 77.4 Å². The number of aromatic carboxylic acids is 1. The van der Waals surface area contributed by atoms with E-state index in [4.69, 9.17) is 9.72 Å². The lowest BCUT2D eigenvalue weighted by molar-refractivity contribution is -0.134. The van der Waals surface area contributed by atoms with Gasteiger partial charge in [-0.1, -0.05) is 47.7 Å². The van der Waals surface area contributed by atoms with Gasteiger partial charge >= 0.3 is 5.97 Å². The Kier molecular flexibility index (Phi) is 13.3. The van der Waals surface area contributed by atoms with Crippen molar-refractivity contribution in [2.24, 2.45) is 13.0 Å². The minimum Gasteiger partial charge on any atom is -0.490 e. The molecule has 3 aliphatic rings. The molecule has 0 bridgehead atoms. The Hall–Kier alpha value is -7.50. The number of carboxylic acids is 1. The second-order valence-electron chi connectivity index (χ2n) is 18.9. The summed E-state index contributed by atoms with van der Waals surface area (Å²) < 4.78 is 9.22. The lowest BCUT2D eigenvalue weighted by atomic mass is 9.91. The SMILES string of the molecule is Cc1c(OC(C)CCC2CCN(CC(=O)Nc3ccc4c(C5CCC(=O)NC5=O)nn(C)c4c3)CC2)cccc1-c1ccc(N2CCc3cccc(C(=O)Nc4nc5ccccc5s4)c3C2)nc1C(=O)O. The van der Waals surface area contributed by atoms with Crippen LogP contribution >= 0.6 is 11.3 Å². The van der Waals surface area contributed by atoms with E-state index < -0.39 is 11.9 Å². The highest BCUT2D eigenvalue weighted by Crippen LogP contribution is 2.36. The van der Waals surface area contributed by atoms with Gasteiger partial charge in [0.25, 0.3) is 5.91 Å². The molecule has 4 N–H and O–H groups in total. The number of anilines is 3. The van der Waals surface area contributed by atoms with E-state index in [-0.39, 0.29) is 48.4 Å². The van der Waals surface area contributed by atoms with Crippen LogP contribution in [-0.2, 0) is 34.4 Å². The number of fused-ring (bicyclic) bond motifs is 3. The normalized spacial score (nSPS) is 16.9. The molecule has 0 aliphatic carbocycles. The van der Waals surface area contributed by atoms with E-state index in [1.807, 2.05) is 103 Å². The monoisotopic (exact) mass is 973 g/mol. The molecular weight excluding hydrogens is 919 g/mol. The molecule has 71 heavy (non-hydrogen) atoms. The van der Waals surface area contributed by atoms with Gasteiger partial charge in [0.1, 0.15) is 11.6 Å². The largest absolute Gasteiger partial charge is 0.490 e. The quantitative estimate of drug-likeness (QED) is 0.0759. The Morgan fingerprint density at radius 1 is 0.901 bits per heavy atom. The highest BCUT2D eigenvalue weighted by Gasteiger charge is 2.32. The second-order valence-corrected chi connectivity index (χ2v) is 19.9.